The van der Waals surface area contributed by atoms with Crippen LogP contribution in [0.25, 0.3) is 0 Å². The molecule has 2 aromatic heterocycles. The zero-order valence-electron chi connectivity index (χ0n) is 19.5. The van der Waals surface area contributed by atoms with Crippen molar-refractivity contribution in [2.45, 2.75) is 83.4 Å². The lowest BCUT2D eigenvalue weighted by atomic mass is 9.84. The summed E-state index contributed by atoms with van der Waals surface area (Å²) in [6, 6.07) is 0.212. The molecule has 7 nitrogen and oxygen atoms in total. The van der Waals surface area contributed by atoms with Gasteiger partial charge in [-0.05, 0) is 51.0 Å². The van der Waals surface area contributed by atoms with E-state index in [0.29, 0.717) is 22.6 Å². The smallest absolute Gasteiger partial charge is 0.353 e. The minimum Gasteiger partial charge on any atom is -0.353 e. The first-order chi connectivity index (χ1) is 16.2. The summed E-state index contributed by atoms with van der Waals surface area (Å²) in [5.74, 6) is 1.49. The lowest BCUT2D eigenvalue weighted by Gasteiger charge is -2.30. The summed E-state index contributed by atoms with van der Waals surface area (Å²) in [5, 5.41) is 7.49. The molecule has 11 heteroatoms. The van der Waals surface area contributed by atoms with Gasteiger partial charge in [0.25, 0.3) is 0 Å². The van der Waals surface area contributed by atoms with Gasteiger partial charge in [-0.1, -0.05) is 5.16 Å². The van der Waals surface area contributed by atoms with Gasteiger partial charge in [-0.25, -0.2) is 4.98 Å². The maximum Gasteiger partial charge on any atom is 0.389 e. The second-order valence-corrected chi connectivity index (χ2v) is 10.6. The van der Waals surface area contributed by atoms with E-state index in [2.05, 4.69) is 25.3 Å². The van der Waals surface area contributed by atoms with E-state index in [9.17, 15) is 18.0 Å². The fourth-order valence-electron chi connectivity index (χ4n) is 4.84. The van der Waals surface area contributed by atoms with E-state index in [4.69, 9.17) is 4.52 Å². The summed E-state index contributed by atoms with van der Waals surface area (Å²) in [4.78, 5) is 24.4. The molecule has 2 aromatic rings. The minimum absolute atomic E-state index is 0.00914. The van der Waals surface area contributed by atoms with Gasteiger partial charge in [0.15, 0.2) is 5.82 Å². The standard InChI is InChI=1S/C23H32F3N5O2S/c1-15-27-20(30-33-15)14-21(32)28-17-4-2-16(3-5-17)7-11-31-12-8-18-19(9-13-31)34-22(29-18)6-10-23(24,25)26/h16-17H,2-14H2,1H3,(H,28,32)/t16-,17-. The molecule has 0 saturated heterocycles. The Kier molecular flexibility index (Phi) is 8.23. The third-order valence-electron chi connectivity index (χ3n) is 6.72. The SMILES string of the molecule is Cc1nc(CC(=O)N[C@H]2CC[C@H](CCN3CCc4nc(CCC(F)(F)F)sc4CC3)CC2)no1. The highest BCUT2D eigenvalue weighted by molar-refractivity contribution is 7.11. The maximum atomic E-state index is 12.5. The first-order valence-corrected chi connectivity index (χ1v) is 12.9. The molecule has 1 saturated carbocycles. The van der Waals surface area contributed by atoms with Gasteiger partial charge in [0.2, 0.25) is 11.8 Å². The monoisotopic (exact) mass is 499 g/mol. The molecule has 4 rings (SSSR count). The Hall–Kier alpha value is -2.01. The zero-order valence-corrected chi connectivity index (χ0v) is 20.3. The number of halogens is 3. The van der Waals surface area contributed by atoms with Crippen molar-refractivity contribution in [2.24, 2.45) is 5.92 Å². The zero-order chi connectivity index (χ0) is 24.1. The molecular formula is C23H32F3N5O2S. The summed E-state index contributed by atoms with van der Waals surface area (Å²) in [7, 11) is 0. The molecule has 2 aliphatic rings. The molecule has 0 spiro atoms. The Morgan fingerprint density at radius 1 is 1.18 bits per heavy atom. The third kappa shape index (κ3) is 7.49. The molecule has 3 heterocycles. The van der Waals surface area contributed by atoms with Crippen molar-refractivity contribution in [3.05, 3.63) is 27.3 Å². The Labute approximate surface area is 201 Å². The highest BCUT2D eigenvalue weighted by Crippen LogP contribution is 2.29. The van der Waals surface area contributed by atoms with Crippen LogP contribution in [0.2, 0.25) is 0 Å². The van der Waals surface area contributed by atoms with Crippen LogP contribution in [0.15, 0.2) is 4.52 Å². The predicted octanol–water partition coefficient (Wildman–Crippen LogP) is 4.04. The molecule has 188 valence electrons. The fourth-order valence-corrected chi connectivity index (χ4v) is 5.94. The maximum absolute atomic E-state index is 12.5. The second kappa shape index (κ2) is 11.2. The van der Waals surface area contributed by atoms with E-state index in [1.807, 2.05) is 0 Å². The summed E-state index contributed by atoms with van der Waals surface area (Å²) < 4.78 is 42.4. The van der Waals surface area contributed by atoms with Crippen LogP contribution in [0.4, 0.5) is 13.2 Å². The average molecular weight is 500 g/mol. The van der Waals surface area contributed by atoms with Crippen LogP contribution in [-0.4, -0.2) is 57.8 Å². The van der Waals surface area contributed by atoms with Crippen LogP contribution in [-0.2, 0) is 30.5 Å². The van der Waals surface area contributed by atoms with Crippen LogP contribution in [0.1, 0.15) is 65.8 Å². The van der Waals surface area contributed by atoms with Gasteiger partial charge in [-0.2, -0.15) is 18.2 Å². The summed E-state index contributed by atoms with van der Waals surface area (Å²) in [5.41, 5.74) is 0.997. The molecule has 1 fully saturated rings. The number of fused-ring (bicyclic) bond motifs is 1. The number of nitrogens with zero attached hydrogens (tertiary/aromatic N) is 4. The molecule has 0 unspecified atom stereocenters. The number of aryl methyl sites for hydroxylation is 2. The largest absolute Gasteiger partial charge is 0.389 e. The number of rotatable bonds is 8. The molecule has 34 heavy (non-hydrogen) atoms. The Morgan fingerprint density at radius 2 is 1.94 bits per heavy atom. The van der Waals surface area contributed by atoms with Gasteiger partial charge < -0.3 is 14.7 Å². The van der Waals surface area contributed by atoms with Gasteiger partial charge in [0.1, 0.15) is 0 Å². The van der Waals surface area contributed by atoms with Crippen molar-refractivity contribution in [3.8, 4) is 0 Å². The van der Waals surface area contributed by atoms with E-state index in [1.54, 1.807) is 6.92 Å². The quantitative estimate of drug-likeness (QED) is 0.590. The number of hydrogen-bond donors (Lipinski definition) is 1. The van der Waals surface area contributed by atoms with Crippen LogP contribution in [0.3, 0.4) is 0 Å². The highest BCUT2D eigenvalue weighted by atomic mass is 32.1. The number of carbonyl (C=O) groups is 1. The Bertz CT molecular complexity index is 927. The number of nitrogens with one attached hydrogen (secondary N) is 1. The van der Waals surface area contributed by atoms with Gasteiger partial charge in [-0.15, -0.1) is 11.3 Å². The number of aromatic nitrogens is 3. The average Bonchev–Trinajstić information content (AvgIpc) is 3.32. The van der Waals surface area contributed by atoms with Crippen molar-refractivity contribution in [1.82, 2.24) is 25.3 Å². The first-order valence-electron chi connectivity index (χ1n) is 12.1. The van der Waals surface area contributed by atoms with E-state index >= 15 is 0 Å². The van der Waals surface area contributed by atoms with E-state index in [1.165, 1.54) is 11.3 Å². The molecule has 0 radical (unpaired) electrons. The molecular weight excluding hydrogens is 467 g/mol. The number of carbonyl (C=O) groups excluding carboxylic acids is 1. The summed E-state index contributed by atoms with van der Waals surface area (Å²) in [6.07, 6.45) is 2.24. The van der Waals surface area contributed by atoms with E-state index in [-0.39, 0.29) is 24.8 Å². The lowest BCUT2D eigenvalue weighted by molar-refractivity contribution is -0.134. The van der Waals surface area contributed by atoms with Crippen LogP contribution in [0.5, 0.6) is 0 Å². The topological polar surface area (TPSA) is 84.2 Å². The Balaban J connectivity index is 1.13. The molecule has 0 aromatic carbocycles. The van der Waals surface area contributed by atoms with Gasteiger partial charge in [-0.3, -0.25) is 4.79 Å². The van der Waals surface area contributed by atoms with Crippen molar-refractivity contribution in [2.75, 3.05) is 19.6 Å². The summed E-state index contributed by atoms with van der Waals surface area (Å²) >= 11 is 1.46. The van der Waals surface area contributed by atoms with Gasteiger partial charge in [0, 0.05) is 50.2 Å². The highest BCUT2D eigenvalue weighted by Gasteiger charge is 2.28. The molecule has 0 atom stereocenters. The first kappa shape index (κ1) is 25.1. The fraction of sp³-hybridized carbons (Fsp3) is 0.739. The van der Waals surface area contributed by atoms with Gasteiger partial charge >= 0.3 is 6.18 Å². The van der Waals surface area contributed by atoms with Crippen molar-refractivity contribution < 1.29 is 22.5 Å². The van der Waals surface area contributed by atoms with Crippen molar-refractivity contribution >= 4 is 17.2 Å². The minimum atomic E-state index is -4.13. The van der Waals surface area contributed by atoms with Crippen molar-refractivity contribution in [1.29, 1.82) is 0 Å². The lowest BCUT2D eigenvalue weighted by Crippen LogP contribution is -2.39. The predicted molar refractivity (Wildman–Crippen MR) is 122 cm³/mol. The number of thiazole rings is 1. The molecule has 1 aliphatic carbocycles. The Morgan fingerprint density at radius 3 is 2.65 bits per heavy atom. The molecule has 1 aliphatic heterocycles. The van der Waals surface area contributed by atoms with Gasteiger partial charge in [0.05, 0.1) is 17.1 Å². The normalized spacial score (nSPS) is 21.8. The number of amides is 1. The number of hydrogen-bond acceptors (Lipinski definition) is 7. The number of alkyl halides is 3. The van der Waals surface area contributed by atoms with Crippen LogP contribution in [0, 0.1) is 12.8 Å². The molecule has 0 bridgehead atoms. The van der Waals surface area contributed by atoms with Crippen molar-refractivity contribution in [3.63, 3.8) is 0 Å². The third-order valence-corrected chi connectivity index (χ3v) is 7.94. The van der Waals surface area contributed by atoms with E-state index in [0.717, 1.165) is 75.2 Å². The van der Waals surface area contributed by atoms with E-state index < -0.39 is 12.6 Å². The van der Waals surface area contributed by atoms with Crippen LogP contribution >= 0.6 is 11.3 Å². The molecule has 1 amide bonds. The summed E-state index contributed by atoms with van der Waals surface area (Å²) in [6.45, 7) is 4.59. The molecule has 1 N–H and O–H groups in total. The van der Waals surface area contributed by atoms with Crippen LogP contribution < -0.4 is 5.32 Å². The second-order valence-electron chi connectivity index (χ2n) is 9.41.